The van der Waals surface area contributed by atoms with Crippen molar-refractivity contribution in [3.63, 3.8) is 0 Å². The maximum absolute atomic E-state index is 6.24. The molecule has 2 heterocycles. The summed E-state index contributed by atoms with van der Waals surface area (Å²) >= 11 is 0. The highest BCUT2D eigenvalue weighted by Gasteiger charge is 2.30. The Labute approximate surface area is 115 Å². The van der Waals surface area contributed by atoms with Crippen LogP contribution in [0, 0.1) is 5.92 Å². The number of aromatic nitrogens is 1. The van der Waals surface area contributed by atoms with E-state index in [1.807, 2.05) is 0 Å². The molecule has 2 aliphatic rings. The minimum absolute atomic E-state index is 0.237. The van der Waals surface area contributed by atoms with E-state index in [2.05, 4.69) is 34.9 Å². The Morgan fingerprint density at radius 1 is 1.47 bits per heavy atom. The Morgan fingerprint density at radius 3 is 3.05 bits per heavy atom. The van der Waals surface area contributed by atoms with Crippen molar-refractivity contribution < 1.29 is 4.74 Å². The highest BCUT2D eigenvalue weighted by atomic mass is 16.5. The van der Waals surface area contributed by atoms with Crippen LogP contribution in [-0.2, 0) is 11.3 Å². The second-order valence-electron chi connectivity index (χ2n) is 5.89. The van der Waals surface area contributed by atoms with Crippen molar-refractivity contribution in [1.82, 2.24) is 9.47 Å². The summed E-state index contributed by atoms with van der Waals surface area (Å²) in [6.07, 6.45) is 7.25. The number of rotatable bonds is 5. The highest BCUT2D eigenvalue weighted by Crippen LogP contribution is 2.39. The molecule has 1 aliphatic carbocycles. The van der Waals surface area contributed by atoms with Gasteiger partial charge in [0.05, 0.1) is 12.7 Å². The van der Waals surface area contributed by atoms with E-state index in [0.29, 0.717) is 6.10 Å². The number of ether oxygens (including phenoxy) is 1. The van der Waals surface area contributed by atoms with Crippen LogP contribution in [-0.4, -0.2) is 41.8 Å². The molecule has 4 heteroatoms. The molecule has 1 aromatic rings. The lowest BCUT2D eigenvalue weighted by Gasteiger charge is -2.32. The molecule has 2 N–H and O–H groups in total. The lowest BCUT2D eigenvalue weighted by atomic mass is 10.1. The van der Waals surface area contributed by atoms with E-state index in [-0.39, 0.29) is 6.04 Å². The molecule has 2 unspecified atom stereocenters. The lowest BCUT2D eigenvalue weighted by molar-refractivity contribution is -0.0342. The zero-order valence-electron chi connectivity index (χ0n) is 11.8. The Morgan fingerprint density at radius 2 is 2.32 bits per heavy atom. The van der Waals surface area contributed by atoms with Gasteiger partial charge in [0.15, 0.2) is 0 Å². The number of nitrogens with two attached hydrogens (primary N) is 1. The first-order valence-electron chi connectivity index (χ1n) is 7.51. The van der Waals surface area contributed by atoms with Gasteiger partial charge in [0.1, 0.15) is 0 Å². The first-order valence-corrected chi connectivity index (χ1v) is 7.51. The van der Waals surface area contributed by atoms with Gasteiger partial charge in [-0.05, 0) is 36.9 Å². The van der Waals surface area contributed by atoms with E-state index in [1.54, 1.807) is 0 Å². The van der Waals surface area contributed by atoms with Gasteiger partial charge in [-0.1, -0.05) is 6.92 Å². The smallest absolute Gasteiger partial charge is 0.0880 e. The molecule has 2 atom stereocenters. The van der Waals surface area contributed by atoms with Crippen LogP contribution in [0.25, 0.3) is 0 Å². The van der Waals surface area contributed by atoms with Gasteiger partial charge in [-0.25, -0.2) is 0 Å². The first-order chi connectivity index (χ1) is 9.26. The van der Waals surface area contributed by atoms with Crippen LogP contribution in [0.1, 0.15) is 31.4 Å². The van der Waals surface area contributed by atoms with Gasteiger partial charge in [-0.2, -0.15) is 0 Å². The van der Waals surface area contributed by atoms with Crippen molar-refractivity contribution in [2.45, 2.75) is 38.5 Å². The summed E-state index contributed by atoms with van der Waals surface area (Å²) in [5.74, 6) is 0.720. The van der Waals surface area contributed by atoms with E-state index in [0.717, 1.165) is 38.7 Å². The molecule has 2 fully saturated rings. The van der Waals surface area contributed by atoms with Crippen molar-refractivity contribution in [3.05, 3.63) is 24.0 Å². The maximum Gasteiger partial charge on any atom is 0.0880 e. The Kier molecular flexibility index (Phi) is 3.91. The van der Waals surface area contributed by atoms with Gasteiger partial charge in [0.25, 0.3) is 0 Å². The third kappa shape index (κ3) is 3.19. The standard InChI is InChI=1S/C15H25N3O/c1-2-17-7-8-19-14(10-17)11-18-6-5-13(9-18)15(16)12-3-4-12/h5-6,9,12,14-15H,2-4,7-8,10-11,16H2,1H3. The van der Waals surface area contributed by atoms with Crippen molar-refractivity contribution >= 4 is 0 Å². The minimum Gasteiger partial charge on any atom is -0.374 e. The van der Waals surface area contributed by atoms with Crippen molar-refractivity contribution in [3.8, 4) is 0 Å². The summed E-state index contributed by atoms with van der Waals surface area (Å²) in [5.41, 5.74) is 7.52. The topological polar surface area (TPSA) is 43.4 Å². The van der Waals surface area contributed by atoms with Crippen molar-refractivity contribution in [2.75, 3.05) is 26.2 Å². The lowest BCUT2D eigenvalue weighted by Crippen LogP contribution is -2.43. The second-order valence-corrected chi connectivity index (χ2v) is 5.89. The van der Waals surface area contributed by atoms with Gasteiger partial charge in [-0.3, -0.25) is 4.90 Å². The van der Waals surface area contributed by atoms with Gasteiger partial charge >= 0.3 is 0 Å². The number of morpholine rings is 1. The normalized spacial score (nSPS) is 26.5. The Hall–Kier alpha value is -0.840. The fourth-order valence-electron chi connectivity index (χ4n) is 2.91. The van der Waals surface area contributed by atoms with Crippen molar-refractivity contribution in [1.29, 1.82) is 0 Å². The van der Waals surface area contributed by atoms with Gasteiger partial charge in [0.2, 0.25) is 0 Å². The number of hydrogen-bond acceptors (Lipinski definition) is 3. The average molecular weight is 263 g/mol. The molecule has 1 aliphatic heterocycles. The molecule has 0 aromatic carbocycles. The monoisotopic (exact) mass is 263 g/mol. The molecular formula is C15H25N3O. The molecule has 0 amide bonds. The van der Waals surface area contributed by atoms with E-state index < -0.39 is 0 Å². The molecule has 1 aromatic heterocycles. The Balaban J connectivity index is 1.57. The van der Waals surface area contributed by atoms with Gasteiger partial charge < -0.3 is 15.0 Å². The quantitative estimate of drug-likeness (QED) is 0.878. The molecule has 1 saturated carbocycles. The van der Waals surface area contributed by atoms with Gasteiger partial charge in [-0.15, -0.1) is 0 Å². The molecular weight excluding hydrogens is 238 g/mol. The van der Waals surface area contributed by atoms with Crippen LogP contribution in [0.15, 0.2) is 18.5 Å². The molecule has 106 valence electrons. The zero-order chi connectivity index (χ0) is 13.2. The highest BCUT2D eigenvalue weighted by molar-refractivity contribution is 5.17. The summed E-state index contributed by atoms with van der Waals surface area (Å²) < 4.78 is 8.09. The number of likely N-dealkylation sites (N-methyl/N-ethyl adjacent to an activating group) is 1. The predicted molar refractivity (Wildman–Crippen MR) is 75.9 cm³/mol. The maximum atomic E-state index is 6.24. The van der Waals surface area contributed by atoms with E-state index in [9.17, 15) is 0 Å². The molecule has 19 heavy (non-hydrogen) atoms. The minimum atomic E-state index is 0.237. The van der Waals surface area contributed by atoms with Crippen LogP contribution < -0.4 is 5.73 Å². The van der Waals surface area contributed by atoms with Crippen LogP contribution >= 0.6 is 0 Å². The summed E-state index contributed by atoms with van der Waals surface area (Å²) in [5, 5.41) is 0. The zero-order valence-corrected chi connectivity index (χ0v) is 11.8. The predicted octanol–water partition coefficient (Wildman–Crippen LogP) is 1.62. The second kappa shape index (κ2) is 5.65. The molecule has 1 saturated heterocycles. The summed E-state index contributed by atoms with van der Waals surface area (Å²) in [4.78, 5) is 2.45. The number of hydrogen-bond donors (Lipinski definition) is 1. The molecule has 0 radical (unpaired) electrons. The fraction of sp³-hybridized carbons (Fsp3) is 0.733. The largest absolute Gasteiger partial charge is 0.374 e. The summed E-state index contributed by atoms with van der Waals surface area (Å²) in [6, 6.07) is 2.41. The van der Waals surface area contributed by atoms with E-state index in [1.165, 1.54) is 18.4 Å². The van der Waals surface area contributed by atoms with Gasteiger partial charge in [0, 0.05) is 38.1 Å². The van der Waals surface area contributed by atoms with E-state index >= 15 is 0 Å². The van der Waals surface area contributed by atoms with Crippen LogP contribution in [0.2, 0.25) is 0 Å². The van der Waals surface area contributed by atoms with Crippen LogP contribution in [0.3, 0.4) is 0 Å². The summed E-state index contributed by atoms with van der Waals surface area (Å²) in [6.45, 7) is 7.23. The van der Waals surface area contributed by atoms with Crippen LogP contribution in [0.4, 0.5) is 0 Å². The SMILES string of the molecule is CCN1CCOC(Cn2ccc(C(N)C3CC3)c2)C1. The fourth-order valence-corrected chi connectivity index (χ4v) is 2.91. The number of nitrogens with zero attached hydrogens (tertiary/aromatic N) is 2. The van der Waals surface area contributed by atoms with Crippen LogP contribution in [0.5, 0.6) is 0 Å². The summed E-state index contributed by atoms with van der Waals surface area (Å²) in [7, 11) is 0. The Bertz CT molecular complexity index is 413. The van der Waals surface area contributed by atoms with E-state index in [4.69, 9.17) is 10.5 Å². The molecule has 0 spiro atoms. The third-order valence-electron chi connectivity index (χ3n) is 4.37. The average Bonchev–Trinajstić information content (AvgIpc) is 3.19. The molecule has 4 nitrogen and oxygen atoms in total. The first kappa shape index (κ1) is 13.2. The molecule has 3 rings (SSSR count). The third-order valence-corrected chi connectivity index (χ3v) is 4.37. The molecule has 0 bridgehead atoms. The van der Waals surface area contributed by atoms with Crippen molar-refractivity contribution in [2.24, 2.45) is 11.7 Å².